The summed E-state index contributed by atoms with van der Waals surface area (Å²) in [4.78, 5) is 36.5. The van der Waals surface area contributed by atoms with E-state index in [0.29, 0.717) is 22.3 Å². The van der Waals surface area contributed by atoms with E-state index >= 15 is 0 Å². The third kappa shape index (κ3) is 2.59. The second kappa shape index (κ2) is 6.56. The van der Waals surface area contributed by atoms with E-state index in [1.54, 1.807) is 62.0 Å². The highest BCUT2D eigenvalue weighted by atomic mass is 16.5. The number of nitrogens with zero attached hydrogens (tertiary/aromatic N) is 3. The van der Waals surface area contributed by atoms with Crippen LogP contribution in [0, 0.1) is 0 Å². The maximum absolute atomic E-state index is 13.4. The van der Waals surface area contributed by atoms with Crippen molar-refractivity contribution < 1.29 is 13.9 Å². The lowest BCUT2D eigenvalue weighted by Gasteiger charge is -2.23. The smallest absolute Gasteiger partial charge is 0.297 e. The number of carbonyl (C=O) groups is 1. The number of aromatic nitrogens is 2. The van der Waals surface area contributed by atoms with E-state index in [0.717, 1.165) is 0 Å². The maximum atomic E-state index is 13.4. The molecule has 0 saturated carbocycles. The summed E-state index contributed by atoms with van der Waals surface area (Å²) >= 11 is 0. The molecule has 5 rings (SSSR count). The lowest BCUT2D eigenvalue weighted by atomic mass is 9.98. The van der Waals surface area contributed by atoms with Gasteiger partial charge in [-0.15, -0.1) is 0 Å². The summed E-state index contributed by atoms with van der Waals surface area (Å²) in [7, 11) is 1.56. The number of amides is 1. The van der Waals surface area contributed by atoms with Gasteiger partial charge in [0.1, 0.15) is 11.3 Å². The van der Waals surface area contributed by atoms with Crippen LogP contribution in [0.5, 0.6) is 5.75 Å². The van der Waals surface area contributed by atoms with E-state index in [4.69, 9.17) is 9.15 Å². The highest BCUT2D eigenvalue weighted by Gasteiger charge is 2.44. The van der Waals surface area contributed by atoms with E-state index in [-0.39, 0.29) is 22.7 Å². The third-order valence-electron chi connectivity index (χ3n) is 4.95. The number of para-hydroxylation sites is 1. The van der Waals surface area contributed by atoms with Gasteiger partial charge in [-0.05, 0) is 35.9 Å². The van der Waals surface area contributed by atoms with Crippen molar-refractivity contribution in [3.63, 3.8) is 0 Å². The predicted octanol–water partition coefficient (Wildman–Crippen LogP) is 3.34. The molecule has 0 bridgehead atoms. The maximum Gasteiger partial charge on any atom is 0.297 e. The number of benzene rings is 2. The van der Waals surface area contributed by atoms with Crippen molar-refractivity contribution in [3.8, 4) is 5.75 Å². The fourth-order valence-corrected chi connectivity index (χ4v) is 3.67. The molecule has 0 N–H and O–H groups in total. The largest absolute Gasteiger partial charge is 0.497 e. The number of rotatable bonds is 3. The van der Waals surface area contributed by atoms with Gasteiger partial charge in [-0.2, -0.15) is 0 Å². The highest BCUT2D eigenvalue weighted by molar-refractivity contribution is 6.09. The van der Waals surface area contributed by atoms with Crippen LogP contribution in [0.4, 0.5) is 5.95 Å². The molecular weight excluding hydrogens is 370 g/mol. The van der Waals surface area contributed by atoms with E-state index < -0.39 is 11.9 Å². The van der Waals surface area contributed by atoms with Gasteiger partial charge in [0.25, 0.3) is 5.91 Å². The molecular formula is C22H15N3O4. The monoisotopic (exact) mass is 385 g/mol. The minimum Gasteiger partial charge on any atom is -0.497 e. The topological polar surface area (TPSA) is 85.5 Å². The molecule has 142 valence electrons. The summed E-state index contributed by atoms with van der Waals surface area (Å²) in [5, 5.41) is 0.419. The van der Waals surface area contributed by atoms with E-state index in [1.807, 2.05) is 12.1 Å². The van der Waals surface area contributed by atoms with Crippen LogP contribution in [-0.4, -0.2) is 23.0 Å². The standard InChI is InChI=1S/C22H15N3O4/c1-28-14-7-4-6-13(12-14)18-17-19(26)15-8-2-3-9-16(15)29-20(17)21(27)25(18)22-23-10-5-11-24-22/h2-12,18H,1H3. The molecule has 0 spiro atoms. The minimum atomic E-state index is -0.726. The number of fused-ring (bicyclic) bond motifs is 2. The Morgan fingerprint density at radius 1 is 1.00 bits per heavy atom. The number of anilines is 1. The number of ether oxygens (including phenoxy) is 1. The molecule has 0 radical (unpaired) electrons. The van der Waals surface area contributed by atoms with Crippen LogP contribution in [0.15, 0.2) is 76.2 Å². The quantitative estimate of drug-likeness (QED) is 0.538. The summed E-state index contributed by atoms with van der Waals surface area (Å²) in [6.07, 6.45) is 3.10. The molecule has 7 heteroatoms. The number of carbonyl (C=O) groups excluding carboxylic acids is 1. The Labute approximate surface area is 165 Å². The van der Waals surface area contributed by atoms with Crippen molar-refractivity contribution in [2.45, 2.75) is 6.04 Å². The Morgan fingerprint density at radius 3 is 2.59 bits per heavy atom. The van der Waals surface area contributed by atoms with Crippen LogP contribution in [-0.2, 0) is 0 Å². The first-order valence-corrected chi connectivity index (χ1v) is 8.99. The van der Waals surface area contributed by atoms with E-state index in [9.17, 15) is 9.59 Å². The summed E-state index contributed by atoms with van der Waals surface area (Å²) < 4.78 is 11.2. The molecule has 2 aromatic carbocycles. The molecule has 2 aromatic heterocycles. The van der Waals surface area contributed by atoms with Gasteiger partial charge < -0.3 is 9.15 Å². The van der Waals surface area contributed by atoms with E-state index in [1.165, 1.54) is 4.90 Å². The first-order chi connectivity index (χ1) is 14.2. The van der Waals surface area contributed by atoms with Crippen LogP contribution < -0.4 is 15.1 Å². The lowest BCUT2D eigenvalue weighted by Crippen LogP contribution is -2.31. The van der Waals surface area contributed by atoms with E-state index in [2.05, 4.69) is 9.97 Å². The minimum absolute atomic E-state index is 0.00831. The average Bonchev–Trinajstić information content (AvgIpc) is 3.07. The van der Waals surface area contributed by atoms with Gasteiger partial charge in [0.15, 0.2) is 5.43 Å². The fourth-order valence-electron chi connectivity index (χ4n) is 3.67. The molecule has 1 aliphatic heterocycles. The van der Waals surface area contributed by atoms with Gasteiger partial charge in [-0.3, -0.25) is 14.5 Å². The van der Waals surface area contributed by atoms with Gasteiger partial charge >= 0.3 is 0 Å². The van der Waals surface area contributed by atoms with Gasteiger partial charge in [0.05, 0.1) is 24.1 Å². The molecule has 3 heterocycles. The number of methoxy groups -OCH3 is 1. The summed E-state index contributed by atoms with van der Waals surface area (Å²) in [6, 6.07) is 15.1. The average molecular weight is 385 g/mol. The van der Waals surface area contributed by atoms with Gasteiger partial charge in [0.2, 0.25) is 11.7 Å². The van der Waals surface area contributed by atoms with Gasteiger partial charge in [0, 0.05) is 12.4 Å². The molecule has 0 saturated heterocycles. The van der Waals surface area contributed by atoms with Gasteiger partial charge in [-0.25, -0.2) is 9.97 Å². The van der Waals surface area contributed by atoms with Crippen LogP contribution in [0.25, 0.3) is 11.0 Å². The zero-order valence-corrected chi connectivity index (χ0v) is 15.4. The molecule has 1 amide bonds. The van der Waals surface area contributed by atoms with Crippen molar-refractivity contribution in [2.75, 3.05) is 12.0 Å². The zero-order valence-electron chi connectivity index (χ0n) is 15.4. The van der Waals surface area contributed by atoms with Crippen molar-refractivity contribution in [3.05, 3.63) is 94.1 Å². The summed E-state index contributed by atoms with van der Waals surface area (Å²) in [5.41, 5.74) is 1.09. The van der Waals surface area contributed by atoms with Gasteiger partial charge in [-0.1, -0.05) is 24.3 Å². The third-order valence-corrected chi connectivity index (χ3v) is 4.95. The SMILES string of the molecule is COc1cccc(C2c3c(oc4ccccc4c3=O)C(=O)N2c2ncccn2)c1. The molecule has 7 nitrogen and oxygen atoms in total. The molecule has 4 aromatic rings. The first kappa shape index (κ1) is 17.1. The molecule has 1 aliphatic rings. The molecule has 0 aliphatic carbocycles. The van der Waals surface area contributed by atoms with Crippen molar-refractivity contribution in [2.24, 2.45) is 0 Å². The second-order valence-corrected chi connectivity index (χ2v) is 6.57. The summed E-state index contributed by atoms with van der Waals surface area (Å²) in [6.45, 7) is 0. The summed E-state index contributed by atoms with van der Waals surface area (Å²) in [5.74, 6) is 0.360. The molecule has 29 heavy (non-hydrogen) atoms. The Hall–Kier alpha value is -4.00. The molecule has 1 atom stereocenters. The Morgan fingerprint density at radius 2 is 1.79 bits per heavy atom. The normalized spacial score (nSPS) is 15.6. The van der Waals surface area contributed by atoms with Crippen molar-refractivity contribution in [1.29, 1.82) is 0 Å². The Balaban J connectivity index is 1.82. The first-order valence-electron chi connectivity index (χ1n) is 8.99. The second-order valence-electron chi connectivity index (χ2n) is 6.57. The number of hydrogen-bond donors (Lipinski definition) is 0. The predicted molar refractivity (Wildman–Crippen MR) is 106 cm³/mol. The lowest BCUT2D eigenvalue weighted by molar-refractivity contribution is 0.0969. The Bertz CT molecular complexity index is 1300. The zero-order chi connectivity index (χ0) is 20.0. The van der Waals surface area contributed by atoms with Crippen LogP contribution in [0.3, 0.4) is 0 Å². The van der Waals surface area contributed by atoms with Crippen LogP contribution in [0.2, 0.25) is 0 Å². The van der Waals surface area contributed by atoms with Crippen molar-refractivity contribution >= 4 is 22.8 Å². The molecule has 1 unspecified atom stereocenters. The Kier molecular flexibility index (Phi) is 3.87. The van der Waals surface area contributed by atoms with Crippen LogP contribution in [0.1, 0.15) is 27.7 Å². The highest BCUT2D eigenvalue weighted by Crippen LogP contribution is 2.40. The molecule has 0 fully saturated rings. The van der Waals surface area contributed by atoms with Crippen molar-refractivity contribution in [1.82, 2.24) is 9.97 Å². The number of hydrogen-bond acceptors (Lipinski definition) is 6. The van der Waals surface area contributed by atoms with Crippen LogP contribution >= 0.6 is 0 Å². The fraction of sp³-hybridized carbons (Fsp3) is 0.0909.